The van der Waals surface area contributed by atoms with Gasteiger partial charge in [0.1, 0.15) is 5.82 Å². The number of aromatic amines is 1. The standard InChI is InChI=1S/C17H12ClFN2O3S/c18-11-5-4-10-6-7-21(14(10)8-11)25(23,24)15-3-1-2-12-16(15)13(19)9-20-17(12)22/h1-5,8-9H,6-7H2,(H,20,22). The van der Waals surface area contributed by atoms with Crippen molar-refractivity contribution in [2.45, 2.75) is 11.3 Å². The Balaban J connectivity index is 1.98. The summed E-state index contributed by atoms with van der Waals surface area (Å²) in [5.41, 5.74) is 0.791. The molecule has 0 fully saturated rings. The van der Waals surface area contributed by atoms with Crippen LogP contribution in [0, 0.1) is 5.82 Å². The highest BCUT2D eigenvalue weighted by molar-refractivity contribution is 7.93. The lowest BCUT2D eigenvalue weighted by Gasteiger charge is -2.20. The first-order chi connectivity index (χ1) is 11.9. The zero-order chi connectivity index (χ0) is 17.8. The molecule has 1 N–H and O–H groups in total. The van der Waals surface area contributed by atoms with Gasteiger partial charge in [0.2, 0.25) is 0 Å². The van der Waals surface area contributed by atoms with E-state index in [0.717, 1.165) is 11.8 Å². The molecule has 1 aliphatic heterocycles. The molecule has 128 valence electrons. The Kier molecular flexibility index (Phi) is 3.59. The predicted octanol–water partition coefficient (Wildman–Crippen LogP) is 3.07. The Labute approximate surface area is 147 Å². The summed E-state index contributed by atoms with van der Waals surface area (Å²) in [6.45, 7) is 0.235. The Morgan fingerprint density at radius 3 is 2.80 bits per heavy atom. The van der Waals surface area contributed by atoms with E-state index < -0.39 is 21.4 Å². The predicted molar refractivity (Wildman–Crippen MR) is 94.2 cm³/mol. The van der Waals surface area contributed by atoms with E-state index in [4.69, 9.17) is 11.6 Å². The molecule has 1 aliphatic rings. The van der Waals surface area contributed by atoms with Gasteiger partial charge in [-0.25, -0.2) is 12.8 Å². The van der Waals surface area contributed by atoms with Gasteiger partial charge in [0.15, 0.2) is 0 Å². The van der Waals surface area contributed by atoms with Gasteiger partial charge in [-0.05, 0) is 36.2 Å². The van der Waals surface area contributed by atoms with Gasteiger partial charge in [0, 0.05) is 23.2 Å². The van der Waals surface area contributed by atoms with Crippen LogP contribution in [0.15, 0.2) is 52.3 Å². The molecule has 0 spiro atoms. The molecule has 5 nitrogen and oxygen atoms in total. The van der Waals surface area contributed by atoms with Gasteiger partial charge in [0.05, 0.1) is 16.0 Å². The van der Waals surface area contributed by atoms with E-state index in [0.29, 0.717) is 17.1 Å². The van der Waals surface area contributed by atoms with Crippen molar-refractivity contribution < 1.29 is 12.8 Å². The number of rotatable bonds is 2. The van der Waals surface area contributed by atoms with Crippen molar-refractivity contribution in [3.8, 4) is 0 Å². The van der Waals surface area contributed by atoms with Crippen molar-refractivity contribution in [2.75, 3.05) is 10.8 Å². The van der Waals surface area contributed by atoms with Crippen molar-refractivity contribution in [3.63, 3.8) is 0 Å². The zero-order valence-electron chi connectivity index (χ0n) is 12.8. The van der Waals surface area contributed by atoms with Gasteiger partial charge in [-0.3, -0.25) is 9.10 Å². The number of benzene rings is 2. The first-order valence-electron chi connectivity index (χ1n) is 7.50. The Bertz CT molecular complexity index is 1170. The van der Waals surface area contributed by atoms with Crippen LogP contribution in [0.4, 0.5) is 10.1 Å². The zero-order valence-corrected chi connectivity index (χ0v) is 14.4. The maximum Gasteiger partial charge on any atom is 0.265 e. The second-order valence-corrected chi connectivity index (χ2v) is 8.01. The Morgan fingerprint density at radius 2 is 2.00 bits per heavy atom. The van der Waals surface area contributed by atoms with Crippen LogP contribution in [0.25, 0.3) is 10.8 Å². The summed E-state index contributed by atoms with van der Waals surface area (Å²) in [7, 11) is -4.05. The number of anilines is 1. The van der Waals surface area contributed by atoms with Gasteiger partial charge in [0.25, 0.3) is 15.6 Å². The van der Waals surface area contributed by atoms with Crippen molar-refractivity contribution in [1.82, 2.24) is 4.98 Å². The molecule has 2 aromatic carbocycles. The van der Waals surface area contributed by atoms with Crippen molar-refractivity contribution >= 4 is 38.1 Å². The van der Waals surface area contributed by atoms with E-state index >= 15 is 0 Å². The summed E-state index contributed by atoms with van der Waals surface area (Å²) < 4.78 is 41.9. The van der Waals surface area contributed by atoms with E-state index in [1.807, 2.05) is 0 Å². The van der Waals surface area contributed by atoms with Gasteiger partial charge >= 0.3 is 0 Å². The van der Waals surface area contributed by atoms with E-state index in [-0.39, 0.29) is 22.2 Å². The van der Waals surface area contributed by atoms with Crippen LogP contribution in [0.2, 0.25) is 5.02 Å². The van der Waals surface area contributed by atoms with Crippen LogP contribution >= 0.6 is 11.6 Å². The number of aromatic nitrogens is 1. The van der Waals surface area contributed by atoms with Crippen LogP contribution in [0.1, 0.15) is 5.56 Å². The molecule has 0 atom stereocenters. The molecule has 0 unspecified atom stereocenters. The number of halogens is 2. The number of H-pyrrole nitrogens is 1. The van der Waals surface area contributed by atoms with Crippen molar-refractivity contribution in [1.29, 1.82) is 0 Å². The number of hydrogen-bond donors (Lipinski definition) is 1. The number of pyridine rings is 1. The van der Waals surface area contributed by atoms with Crippen LogP contribution in [0.5, 0.6) is 0 Å². The van der Waals surface area contributed by atoms with E-state index in [1.165, 1.54) is 22.5 Å². The van der Waals surface area contributed by atoms with E-state index in [9.17, 15) is 17.6 Å². The second-order valence-electron chi connectivity index (χ2n) is 5.74. The molecule has 4 rings (SSSR count). The third-order valence-corrected chi connectivity index (χ3v) is 6.40. The maximum absolute atomic E-state index is 14.3. The van der Waals surface area contributed by atoms with Crippen molar-refractivity contribution in [3.05, 3.63) is 69.4 Å². The molecule has 25 heavy (non-hydrogen) atoms. The molecule has 0 saturated heterocycles. The highest BCUT2D eigenvalue weighted by Crippen LogP contribution is 2.36. The summed E-state index contributed by atoms with van der Waals surface area (Å²) >= 11 is 6.00. The highest BCUT2D eigenvalue weighted by Gasteiger charge is 2.33. The lowest BCUT2D eigenvalue weighted by atomic mass is 10.2. The van der Waals surface area contributed by atoms with Crippen molar-refractivity contribution in [2.24, 2.45) is 0 Å². The van der Waals surface area contributed by atoms with Crippen LogP contribution < -0.4 is 9.86 Å². The molecular weight excluding hydrogens is 367 g/mol. The van der Waals surface area contributed by atoms with Crippen LogP contribution in [0.3, 0.4) is 0 Å². The van der Waals surface area contributed by atoms with Gasteiger partial charge in [-0.2, -0.15) is 0 Å². The summed E-state index contributed by atoms with van der Waals surface area (Å²) in [6, 6.07) is 9.19. The normalized spacial score (nSPS) is 14.1. The number of nitrogens with one attached hydrogen (secondary N) is 1. The Morgan fingerprint density at radius 1 is 1.20 bits per heavy atom. The topological polar surface area (TPSA) is 70.2 Å². The lowest BCUT2D eigenvalue weighted by Crippen LogP contribution is -2.29. The average Bonchev–Trinajstić information content (AvgIpc) is 3.01. The molecule has 1 aromatic heterocycles. The monoisotopic (exact) mass is 378 g/mol. The first-order valence-corrected chi connectivity index (χ1v) is 9.32. The van der Waals surface area contributed by atoms with Gasteiger partial charge < -0.3 is 4.98 Å². The highest BCUT2D eigenvalue weighted by atomic mass is 35.5. The second kappa shape index (κ2) is 5.57. The minimum atomic E-state index is -4.05. The molecule has 2 heterocycles. The third kappa shape index (κ3) is 2.42. The molecule has 0 bridgehead atoms. The fourth-order valence-corrected chi connectivity index (χ4v) is 5.03. The smallest absolute Gasteiger partial charge is 0.265 e. The Hall–Kier alpha value is -2.38. The third-order valence-electron chi connectivity index (χ3n) is 4.31. The van der Waals surface area contributed by atoms with E-state index in [1.54, 1.807) is 18.2 Å². The average molecular weight is 379 g/mol. The summed E-state index contributed by atoms with van der Waals surface area (Å²) in [6.07, 6.45) is 1.41. The lowest BCUT2D eigenvalue weighted by molar-refractivity contribution is 0.591. The summed E-state index contributed by atoms with van der Waals surface area (Å²) in [5.74, 6) is -0.792. The number of nitrogens with zero attached hydrogens (tertiary/aromatic N) is 1. The van der Waals surface area contributed by atoms with E-state index in [2.05, 4.69) is 4.98 Å². The van der Waals surface area contributed by atoms with Crippen LogP contribution in [-0.2, 0) is 16.4 Å². The number of fused-ring (bicyclic) bond motifs is 2. The maximum atomic E-state index is 14.3. The van der Waals surface area contributed by atoms with Gasteiger partial charge in [-0.15, -0.1) is 0 Å². The number of hydrogen-bond acceptors (Lipinski definition) is 3. The minimum Gasteiger partial charge on any atom is -0.326 e. The van der Waals surface area contributed by atoms with Gasteiger partial charge in [-0.1, -0.05) is 23.7 Å². The minimum absolute atomic E-state index is 0.00779. The fraction of sp³-hybridized carbons (Fsp3) is 0.118. The molecule has 0 radical (unpaired) electrons. The molecule has 0 aliphatic carbocycles. The number of sulfonamides is 1. The SMILES string of the molecule is O=c1[nH]cc(F)c2c(S(=O)(=O)N3CCc4ccc(Cl)cc43)cccc12. The molecular formula is C17H12ClFN2O3S. The molecule has 0 saturated carbocycles. The van der Waals surface area contributed by atoms with Crippen LogP contribution in [-0.4, -0.2) is 19.9 Å². The summed E-state index contributed by atoms with van der Waals surface area (Å²) in [5, 5.41) is 0.203. The summed E-state index contributed by atoms with van der Waals surface area (Å²) in [4.78, 5) is 13.9. The largest absolute Gasteiger partial charge is 0.326 e. The first kappa shape index (κ1) is 16.1. The fourth-order valence-electron chi connectivity index (χ4n) is 3.15. The molecule has 3 aromatic rings. The molecule has 0 amide bonds. The quantitative estimate of drug-likeness (QED) is 0.745. The molecule has 8 heteroatoms.